The van der Waals surface area contributed by atoms with Gasteiger partial charge in [-0.1, -0.05) is 0 Å². The van der Waals surface area contributed by atoms with Crippen LogP contribution >= 0.6 is 24.0 Å². The fourth-order valence-corrected chi connectivity index (χ4v) is 2.24. The SMILES string of the molecule is CN=C(NCc1ccn(C)c1)NCC(C)Oc1ccc(OC)cc1.I. The van der Waals surface area contributed by atoms with E-state index in [4.69, 9.17) is 9.47 Å². The molecule has 7 heteroatoms. The summed E-state index contributed by atoms with van der Waals surface area (Å²) in [5.74, 6) is 2.39. The molecule has 0 aliphatic rings. The maximum atomic E-state index is 5.87. The van der Waals surface area contributed by atoms with Crippen LogP contribution in [0.2, 0.25) is 0 Å². The van der Waals surface area contributed by atoms with Gasteiger partial charge in [0.25, 0.3) is 0 Å². The van der Waals surface area contributed by atoms with Gasteiger partial charge in [0.2, 0.25) is 0 Å². The van der Waals surface area contributed by atoms with Crippen LogP contribution in [0.5, 0.6) is 11.5 Å². The highest BCUT2D eigenvalue weighted by molar-refractivity contribution is 14.0. The van der Waals surface area contributed by atoms with Gasteiger partial charge < -0.3 is 24.7 Å². The molecular weight excluding hydrogens is 431 g/mol. The zero-order valence-corrected chi connectivity index (χ0v) is 17.5. The first-order valence-corrected chi connectivity index (χ1v) is 7.96. The van der Waals surface area contributed by atoms with Crippen molar-refractivity contribution in [2.75, 3.05) is 20.7 Å². The number of nitrogens with zero attached hydrogens (tertiary/aromatic N) is 2. The Labute approximate surface area is 166 Å². The topological polar surface area (TPSA) is 59.8 Å². The van der Waals surface area contributed by atoms with Crippen LogP contribution in [0.3, 0.4) is 0 Å². The van der Waals surface area contributed by atoms with Crippen molar-refractivity contribution in [3.63, 3.8) is 0 Å². The fraction of sp³-hybridized carbons (Fsp3) is 0.389. The molecule has 0 spiro atoms. The zero-order valence-electron chi connectivity index (χ0n) is 15.2. The third kappa shape index (κ3) is 7.25. The number of halogens is 1. The van der Waals surface area contributed by atoms with Gasteiger partial charge in [0.1, 0.15) is 17.6 Å². The number of aryl methyl sites for hydroxylation is 1. The number of aliphatic imine (C=N–C) groups is 1. The molecule has 138 valence electrons. The lowest BCUT2D eigenvalue weighted by atomic mass is 10.3. The van der Waals surface area contributed by atoms with Crippen LogP contribution in [0.1, 0.15) is 12.5 Å². The van der Waals surface area contributed by atoms with Crippen LogP contribution in [-0.4, -0.2) is 37.3 Å². The Morgan fingerprint density at radius 2 is 1.84 bits per heavy atom. The van der Waals surface area contributed by atoms with E-state index in [1.807, 2.05) is 49.0 Å². The molecule has 1 heterocycles. The predicted molar refractivity (Wildman–Crippen MR) is 112 cm³/mol. The van der Waals surface area contributed by atoms with Crippen molar-refractivity contribution in [3.8, 4) is 11.5 Å². The number of guanidine groups is 1. The molecule has 0 radical (unpaired) electrons. The Hall–Kier alpha value is -1.90. The van der Waals surface area contributed by atoms with E-state index >= 15 is 0 Å². The number of methoxy groups -OCH3 is 1. The quantitative estimate of drug-likeness (QED) is 0.381. The molecule has 0 aliphatic carbocycles. The molecule has 1 aromatic heterocycles. The maximum Gasteiger partial charge on any atom is 0.191 e. The van der Waals surface area contributed by atoms with E-state index in [0.717, 1.165) is 24.0 Å². The second kappa shape index (κ2) is 10.9. The number of rotatable bonds is 7. The number of hydrogen-bond donors (Lipinski definition) is 2. The molecule has 1 atom stereocenters. The van der Waals surface area contributed by atoms with Crippen molar-refractivity contribution >= 4 is 29.9 Å². The number of aromatic nitrogens is 1. The normalized spacial score (nSPS) is 12.1. The molecule has 1 unspecified atom stereocenters. The lowest BCUT2D eigenvalue weighted by molar-refractivity contribution is 0.223. The van der Waals surface area contributed by atoms with Crippen molar-refractivity contribution in [1.29, 1.82) is 0 Å². The second-order valence-corrected chi connectivity index (χ2v) is 5.60. The largest absolute Gasteiger partial charge is 0.497 e. The molecule has 0 bridgehead atoms. The summed E-state index contributed by atoms with van der Waals surface area (Å²) < 4.78 is 13.0. The molecule has 2 rings (SSSR count). The Kier molecular flexibility index (Phi) is 9.18. The summed E-state index contributed by atoms with van der Waals surface area (Å²) in [6.07, 6.45) is 4.11. The van der Waals surface area contributed by atoms with Crippen molar-refractivity contribution in [2.45, 2.75) is 19.6 Å². The first-order chi connectivity index (χ1) is 11.6. The Morgan fingerprint density at radius 3 is 2.40 bits per heavy atom. The van der Waals surface area contributed by atoms with Gasteiger partial charge in [-0.05, 0) is 42.8 Å². The van der Waals surface area contributed by atoms with Gasteiger partial charge in [-0.3, -0.25) is 4.99 Å². The number of hydrogen-bond acceptors (Lipinski definition) is 3. The maximum absolute atomic E-state index is 5.87. The molecule has 2 N–H and O–H groups in total. The van der Waals surface area contributed by atoms with Crippen molar-refractivity contribution in [2.24, 2.45) is 12.0 Å². The Bertz CT molecular complexity index is 655. The average Bonchev–Trinajstić information content (AvgIpc) is 3.01. The van der Waals surface area contributed by atoms with E-state index < -0.39 is 0 Å². The van der Waals surface area contributed by atoms with E-state index in [-0.39, 0.29) is 30.1 Å². The first-order valence-electron chi connectivity index (χ1n) is 7.96. The van der Waals surface area contributed by atoms with Gasteiger partial charge in [0.05, 0.1) is 13.7 Å². The summed E-state index contributed by atoms with van der Waals surface area (Å²) in [6.45, 7) is 3.40. The molecule has 0 aliphatic heterocycles. The minimum absolute atomic E-state index is 0. The van der Waals surface area contributed by atoms with E-state index in [1.54, 1.807) is 14.2 Å². The van der Waals surface area contributed by atoms with E-state index in [2.05, 4.69) is 27.9 Å². The lowest BCUT2D eigenvalue weighted by Crippen LogP contribution is -2.41. The standard InChI is InChI=1S/C18H26N4O2.HI/c1-14(24-17-7-5-16(23-4)6-8-17)11-20-18(19-2)21-12-15-9-10-22(3)13-15;/h5-10,13-14H,11-12H2,1-4H3,(H2,19,20,21);1H. The minimum Gasteiger partial charge on any atom is -0.497 e. The van der Waals surface area contributed by atoms with Crippen molar-refractivity contribution in [3.05, 3.63) is 48.3 Å². The Morgan fingerprint density at radius 1 is 1.16 bits per heavy atom. The van der Waals surface area contributed by atoms with Crippen LogP contribution in [0.4, 0.5) is 0 Å². The lowest BCUT2D eigenvalue weighted by Gasteiger charge is -2.17. The van der Waals surface area contributed by atoms with Gasteiger partial charge in [-0.15, -0.1) is 24.0 Å². The van der Waals surface area contributed by atoms with Crippen LogP contribution in [-0.2, 0) is 13.6 Å². The molecule has 25 heavy (non-hydrogen) atoms. The third-order valence-electron chi connectivity index (χ3n) is 3.53. The predicted octanol–water partition coefficient (Wildman–Crippen LogP) is 2.78. The van der Waals surface area contributed by atoms with Gasteiger partial charge in [0, 0.05) is 33.0 Å². The summed E-state index contributed by atoms with van der Waals surface area (Å²) in [6, 6.07) is 9.65. The van der Waals surface area contributed by atoms with Crippen LogP contribution < -0.4 is 20.1 Å². The highest BCUT2D eigenvalue weighted by atomic mass is 127. The summed E-state index contributed by atoms with van der Waals surface area (Å²) in [5.41, 5.74) is 1.21. The molecule has 0 amide bonds. The van der Waals surface area contributed by atoms with E-state index in [1.165, 1.54) is 5.56 Å². The smallest absolute Gasteiger partial charge is 0.191 e. The molecular formula is C18H27IN4O2. The minimum atomic E-state index is 0. The molecule has 2 aromatic rings. The molecule has 6 nitrogen and oxygen atoms in total. The van der Waals surface area contributed by atoms with Crippen molar-refractivity contribution < 1.29 is 9.47 Å². The monoisotopic (exact) mass is 458 g/mol. The van der Waals surface area contributed by atoms with E-state index in [9.17, 15) is 0 Å². The van der Waals surface area contributed by atoms with Gasteiger partial charge in [-0.25, -0.2) is 0 Å². The number of nitrogens with one attached hydrogen (secondary N) is 2. The summed E-state index contributed by atoms with van der Waals surface area (Å²) >= 11 is 0. The molecule has 0 saturated heterocycles. The highest BCUT2D eigenvalue weighted by Gasteiger charge is 2.06. The number of benzene rings is 1. The third-order valence-corrected chi connectivity index (χ3v) is 3.53. The summed E-state index contributed by atoms with van der Waals surface area (Å²) in [7, 11) is 5.42. The Balaban J connectivity index is 0.00000312. The van der Waals surface area contributed by atoms with Crippen LogP contribution in [0.15, 0.2) is 47.7 Å². The highest BCUT2D eigenvalue weighted by Crippen LogP contribution is 2.17. The van der Waals surface area contributed by atoms with Crippen LogP contribution in [0, 0.1) is 0 Å². The average molecular weight is 458 g/mol. The zero-order chi connectivity index (χ0) is 17.4. The van der Waals surface area contributed by atoms with Crippen molar-refractivity contribution in [1.82, 2.24) is 15.2 Å². The van der Waals surface area contributed by atoms with E-state index in [0.29, 0.717) is 6.54 Å². The summed E-state index contributed by atoms with van der Waals surface area (Å²) in [4.78, 5) is 4.23. The number of ether oxygens (including phenoxy) is 2. The van der Waals surface area contributed by atoms with Gasteiger partial charge in [0.15, 0.2) is 5.96 Å². The molecule has 0 saturated carbocycles. The van der Waals surface area contributed by atoms with Gasteiger partial charge >= 0.3 is 0 Å². The first kappa shape index (κ1) is 21.1. The second-order valence-electron chi connectivity index (χ2n) is 5.60. The van der Waals surface area contributed by atoms with Gasteiger partial charge in [-0.2, -0.15) is 0 Å². The molecule has 1 aromatic carbocycles. The fourth-order valence-electron chi connectivity index (χ4n) is 2.24. The summed E-state index contributed by atoms with van der Waals surface area (Å²) in [5, 5.41) is 6.56. The molecule has 0 fully saturated rings. The van der Waals surface area contributed by atoms with Crippen LogP contribution in [0.25, 0.3) is 0 Å².